The smallest absolute Gasteiger partial charge is 0.152 e. The number of methoxy groups -OCH3 is 1. The average molecular weight is 182 g/mol. The fourth-order valence-corrected chi connectivity index (χ4v) is 0.971. The molecule has 1 rings (SSSR count). The molecule has 3 nitrogen and oxygen atoms in total. The van der Waals surface area contributed by atoms with E-state index in [1.54, 1.807) is 24.3 Å². The second-order valence-corrected chi connectivity index (χ2v) is 2.39. The molecule has 0 radical (unpaired) electrons. The first-order valence-electron chi connectivity index (χ1n) is 3.80. The van der Waals surface area contributed by atoms with Crippen LogP contribution in [0, 0.1) is 34.5 Å². The zero-order valence-corrected chi connectivity index (χ0v) is 7.53. The summed E-state index contributed by atoms with van der Waals surface area (Å²) in [5.41, 5.74) is 1.04. The fourth-order valence-electron chi connectivity index (χ4n) is 0.971. The lowest BCUT2D eigenvalue weighted by Crippen LogP contribution is -1.88. The van der Waals surface area contributed by atoms with Crippen molar-refractivity contribution < 1.29 is 4.74 Å². The topological polar surface area (TPSA) is 56.8 Å². The van der Waals surface area contributed by atoms with Gasteiger partial charge in [0.2, 0.25) is 0 Å². The van der Waals surface area contributed by atoms with E-state index < -0.39 is 0 Å². The summed E-state index contributed by atoms with van der Waals surface area (Å²) in [5.74, 6) is 5.42. The minimum absolute atomic E-state index is 0.494. The van der Waals surface area contributed by atoms with Gasteiger partial charge in [-0.3, -0.25) is 0 Å². The van der Waals surface area contributed by atoms with Crippen LogP contribution in [0.2, 0.25) is 0 Å². The number of benzene rings is 1. The van der Waals surface area contributed by atoms with E-state index in [1.807, 2.05) is 6.07 Å². The molecule has 0 aliphatic carbocycles. The van der Waals surface area contributed by atoms with E-state index in [2.05, 4.69) is 11.8 Å². The van der Waals surface area contributed by atoms with E-state index in [0.717, 1.165) is 0 Å². The van der Waals surface area contributed by atoms with Crippen molar-refractivity contribution in [2.75, 3.05) is 7.11 Å². The fraction of sp³-hybridized carbons (Fsp3) is 0.0909. The molecular formula is C11H6N2O. The predicted octanol–water partition coefficient (Wildman–Crippen LogP) is 1.44. The Kier molecular flexibility index (Phi) is 3.14. The van der Waals surface area contributed by atoms with Crippen LogP contribution < -0.4 is 4.74 Å². The number of hydrogen-bond donors (Lipinski definition) is 0. The van der Waals surface area contributed by atoms with Gasteiger partial charge in [0.05, 0.1) is 24.3 Å². The van der Waals surface area contributed by atoms with Gasteiger partial charge in [-0.15, -0.1) is 0 Å². The maximum atomic E-state index is 8.65. The van der Waals surface area contributed by atoms with Gasteiger partial charge in [0.1, 0.15) is 5.75 Å². The summed E-state index contributed by atoms with van der Waals surface area (Å²) in [4.78, 5) is 0. The first-order chi connectivity index (χ1) is 6.81. The van der Waals surface area contributed by atoms with Crippen LogP contribution in [0.25, 0.3) is 0 Å². The molecule has 0 aromatic heterocycles. The molecule has 0 heterocycles. The lowest BCUT2D eigenvalue weighted by molar-refractivity contribution is 0.413. The number of ether oxygens (including phenoxy) is 1. The van der Waals surface area contributed by atoms with Crippen molar-refractivity contribution >= 4 is 0 Å². The monoisotopic (exact) mass is 182 g/mol. The van der Waals surface area contributed by atoms with Crippen LogP contribution in [0.5, 0.6) is 5.75 Å². The summed E-state index contributed by atoms with van der Waals surface area (Å²) < 4.78 is 5.02. The normalized spacial score (nSPS) is 7.64. The maximum absolute atomic E-state index is 8.65. The number of rotatable bonds is 1. The van der Waals surface area contributed by atoms with Gasteiger partial charge in [0.25, 0.3) is 0 Å². The maximum Gasteiger partial charge on any atom is 0.152 e. The van der Waals surface area contributed by atoms with Gasteiger partial charge >= 0.3 is 0 Å². The molecule has 0 bridgehead atoms. The highest BCUT2D eigenvalue weighted by Gasteiger charge is 2.00. The molecule has 0 spiro atoms. The van der Waals surface area contributed by atoms with Crippen molar-refractivity contribution in [2.24, 2.45) is 0 Å². The number of hydrogen-bond acceptors (Lipinski definition) is 3. The van der Waals surface area contributed by atoms with Gasteiger partial charge < -0.3 is 4.74 Å². The second kappa shape index (κ2) is 4.55. The first kappa shape index (κ1) is 9.65. The molecule has 3 heteroatoms. The third kappa shape index (κ3) is 2.03. The Hall–Kier alpha value is -2.44. The summed E-state index contributed by atoms with van der Waals surface area (Å²) in [6.45, 7) is 0. The Morgan fingerprint density at radius 2 is 2.07 bits per heavy atom. The summed E-state index contributed by atoms with van der Waals surface area (Å²) >= 11 is 0. The Bertz CT molecular complexity index is 481. The van der Waals surface area contributed by atoms with Crippen molar-refractivity contribution in [3.63, 3.8) is 0 Å². The lowest BCUT2D eigenvalue weighted by Gasteiger charge is -2.01. The van der Waals surface area contributed by atoms with Gasteiger partial charge in [0.15, 0.2) is 6.07 Å². The standard InChI is InChI=1S/C11H6N2O/c1-14-11-5-4-9(8-13)7-10(11)3-2-6-12/h4-5,7H,1H3. The van der Waals surface area contributed by atoms with E-state index in [1.165, 1.54) is 7.11 Å². The summed E-state index contributed by atoms with van der Waals surface area (Å²) in [6.07, 6.45) is 0. The molecule has 0 aliphatic rings. The highest BCUT2D eigenvalue weighted by Crippen LogP contribution is 2.18. The minimum Gasteiger partial charge on any atom is -0.495 e. The second-order valence-electron chi connectivity index (χ2n) is 2.39. The molecule has 66 valence electrons. The van der Waals surface area contributed by atoms with Crippen molar-refractivity contribution in [1.29, 1.82) is 10.5 Å². The van der Waals surface area contributed by atoms with Gasteiger partial charge in [0, 0.05) is 5.92 Å². The van der Waals surface area contributed by atoms with Crippen LogP contribution in [-0.2, 0) is 0 Å². The van der Waals surface area contributed by atoms with Crippen LogP contribution in [0.4, 0.5) is 0 Å². The molecule has 1 aromatic rings. The molecule has 0 N–H and O–H groups in total. The van der Waals surface area contributed by atoms with Crippen LogP contribution in [0.1, 0.15) is 11.1 Å². The molecular weight excluding hydrogens is 176 g/mol. The summed E-state index contributed by atoms with van der Waals surface area (Å²) in [6, 6.07) is 8.57. The van der Waals surface area contributed by atoms with Gasteiger partial charge in [-0.25, -0.2) is 0 Å². The molecule has 0 unspecified atom stereocenters. The molecule has 1 aromatic carbocycles. The van der Waals surface area contributed by atoms with E-state index >= 15 is 0 Å². The highest BCUT2D eigenvalue weighted by molar-refractivity contribution is 5.51. The Morgan fingerprint density at radius 3 is 2.64 bits per heavy atom. The van der Waals surface area contributed by atoms with Gasteiger partial charge in [-0.05, 0) is 24.1 Å². The van der Waals surface area contributed by atoms with Gasteiger partial charge in [-0.2, -0.15) is 10.5 Å². The first-order valence-corrected chi connectivity index (χ1v) is 3.80. The zero-order chi connectivity index (χ0) is 10.4. The third-order valence-electron chi connectivity index (χ3n) is 1.58. The van der Waals surface area contributed by atoms with E-state index in [-0.39, 0.29) is 0 Å². The lowest BCUT2D eigenvalue weighted by atomic mass is 10.1. The van der Waals surface area contributed by atoms with Crippen LogP contribution in [0.15, 0.2) is 18.2 Å². The third-order valence-corrected chi connectivity index (χ3v) is 1.58. The predicted molar refractivity (Wildman–Crippen MR) is 50.2 cm³/mol. The van der Waals surface area contributed by atoms with Gasteiger partial charge in [-0.1, -0.05) is 0 Å². The Labute approximate surface area is 82.2 Å². The summed E-state index contributed by atoms with van der Waals surface area (Å²) in [5, 5.41) is 16.9. The Balaban J connectivity index is 3.25. The van der Waals surface area contributed by atoms with Crippen LogP contribution in [-0.4, -0.2) is 7.11 Å². The average Bonchev–Trinajstić information content (AvgIpc) is 2.25. The number of nitriles is 2. The largest absolute Gasteiger partial charge is 0.495 e. The number of nitrogens with zero attached hydrogens (tertiary/aromatic N) is 2. The molecule has 0 aliphatic heterocycles. The van der Waals surface area contributed by atoms with Crippen LogP contribution in [0.3, 0.4) is 0 Å². The van der Waals surface area contributed by atoms with Crippen LogP contribution >= 0.6 is 0 Å². The SMILES string of the molecule is COc1ccc(C#N)cc1C#CC#N. The van der Waals surface area contributed by atoms with Crippen molar-refractivity contribution in [2.45, 2.75) is 0 Å². The molecule has 0 saturated carbocycles. The Morgan fingerprint density at radius 1 is 1.29 bits per heavy atom. The molecule has 0 atom stereocenters. The molecule has 14 heavy (non-hydrogen) atoms. The minimum atomic E-state index is 0.494. The van der Waals surface area contributed by atoms with Crippen molar-refractivity contribution in [1.82, 2.24) is 0 Å². The van der Waals surface area contributed by atoms with E-state index in [4.69, 9.17) is 15.3 Å². The summed E-state index contributed by atoms with van der Waals surface area (Å²) in [7, 11) is 1.51. The highest BCUT2D eigenvalue weighted by atomic mass is 16.5. The van der Waals surface area contributed by atoms with E-state index in [9.17, 15) is 0 Å². The molecule has 0 saturated heterocycles. The molecule has 0 fully saturated rings. The molecule has 0 amide bonds. The zero-order valence-electron chi connectivity index (χ0n) is 7.53. The van der Waals surface area contributed by atoms with Crippen molar-refractivity contribution in [3.8, 4) is 29.7 Å². The van der Waals surface area contributed by atoms with E-state index in [0.29, 0.717) is 16.9 Å². The quantitative estimate of drug-likeness (QED) is 0.617. The van der Waals surface area contributed by atoms with Crippen molar-refractivity contribution in [3.05, 3.63) is 29.3 Å².